The highest BCUT2D eigenvalue weighted by Gasteiger charge is 2.27. The number of piperidine rings is 1. The largest absolute Gasteiger partial charge is 0.466 e. The van der Waals surface area contributed by atoms with E-state index in [2.05, 4.69) is 17.1 Å². The van der Waals surface area contributed by atoms with Gasteiger partial charge in [0.1, 0.15) is 0 Å². The van der Waals surface area contributed by atoms with Crippen LogP contribution in [0.25, 0.3) is 0 Å². The van der Waals surface area contributed by atoms with Crippen LogP contribution in [0, 0.1) is 5.92 Å². The Kier molecular flexibility index (Phi) is 9.42. The molecule has 7 heteroatoms. The molecule has 2 fully saturated rings. The Morgan fingerprint density at radius 3 is 2.67 bits per heavy atom. The van der Waals surface area contributed by atoms with Crippen molar-refractivity contribution in [3.05, 3.63) is 0 Å². The van der Waals surface area contributed by atoms with Gasteiger partial charge in [0, 0.05) is 45.7 Å². The lowest BCUT2D eigenvalue weighted by Crippen LogP contribution is -2.46. The summed E-state index contributed by atoms with van der Waals surface area (Å²) in [6.07, 6.45) is 6.51. The second-order valence-electron chi connectivity index (χ2n) is 7.29. The molecule has 1 amide bonds. The minimum Gasteiger partial charge on any atom is -0.466 e. The molecule has 2 saturated heterocycles. The molecule has 27 heavy (non-hydrogen) atoms. The lowest BCUT2D eigenvalue weighted by atomic mass is 9.97. The molecule has 0 aromatic rings. The van der Waals surface area contributed by atoms with Gasteiger partial charge in [0.25, 0.3) is 0 Å². The van der Waals surface area contributed by atoms with Gasteiger partial charge < -0.3 is 19.9 Å². The summed E-state index contributed by atoms with van der Waals surface area (Å²) in [4.78, 5) is 32.9. The Hall–Kier alpha value is -1.79. The van der Waals surface area contributed by atoms with E-state index < -0.39 is 0 Å². The maximum atomic E-state index is 12.1. The number of likely N-dealkylation sites (tertiary alicyclic amines) is 2. The average Bonchev–Trinajstić information content (AvgIpc) is 2.89. The van der Waals surface area contributed by atoms with Gasteiger partial charge in [-0.2, -0.15) is 0 Å². The molecule has 0 aliphatic carbocycles. The molecule has 0 aromatic carbocycles. The third-order valence-electron chi connectivity index (χ3n) is 5.27. The quantitative estimate of drug-likeness (QED) is 0.317. The van der Waals surface area contributed by atoms with Gasteiger partial charge in [-0.05, 0) is 46.0 Å². The SMILES string of the molecule is CCNC(=NCCCN1CCCCCC1=O)N1CCC(C(=O)OCC)CC1. The molecule has 0 radical (unpaired) electrons. The highest BCUT2D eigenvalue weighted by atomic mass is 16.5. The zero-order valence-electron chi connectivity index (χ0n) is 17.0. The second kappa shape index (κ2) is 11.8. The average molecular weight is 381 g/mol. The molecule has 2 aliphatic rings. The number of esters is 1. The van der Waals surface area contributed by atoms with Crippen molar-refractivity contribution in [2.75, 3.05) is 45.9 Å². The lowest BCUT2D eigenvalue weighted by molar-refractivity contribution is -0.149. The Morgan fingerprint density at radius 1 is 1.19 bits per heavy atom. The number of nitrogens with zero attached hydrogens (tertiary/aromatic N) is 3. The van der Waals surface area contributed by atoms with E-state index in [0.29, 0.717) is 25.5 Å². The Bertz CT molecular complexity index is 501. The molecule has 0 atom stereocenters. The van der Waals surface area contributed by atoms with Crippen molar-refractivity contribution < 1.29 is 14.3 Å². The first-order valence-corrected chi connectivity index (χ1v) is 10.6. The van der Waals surface area contributed by atoms with Crippen LogP contribution >= 0.6 is 0 Å². The van der Waals surface area contributed by atoms with Crippen molar-refractivity contribution in [2.24, 2.45) is 10.9 Å². The summed E-state index contributed by atoms with van der Waals surface area (Å²) in [6.45, 7) is 9.23. The topological polar surface area (TPSA) is 74.2 Å². The summed E-state index contributed by atoms with van der Waals surface area (Å²) in [7, 11) is 0. The van der Waals surface area contributed by atoms with Gasteiger partial charge in [0.05, 0.1) is 12.5 Å². The molecule has 2 rings (SSSR count). The number of rotatable bonds is 7. The van der Waals surface area contributed by atoms with Crippen LogP contribution < -0.4 is 5.32 Å². The van der Waals surface area contributed by atoms with E-state index >= 15 is 0 Å². The highest BCUT2D eigenvalue weighted by Crippen LogP contribution is 2.19. The number of hydrogen-bond acceptors (Lipinski definition) is 4. The van der Waals surface area contributed by atoms with Crippen LogP contribution in [0.4, 0.5) is 0 Å². The van der Waals surface area contributed by atoms with Crippen LogP contribution in [0.1, 0.15) is 58.8 Å². The monoisotopic (exact) mass is 380 g/mol. The first-order valence-electron chi connectivity index (χ1n) is 10.6. The number of guanidine groups is 1. The summed E-state index contributed by atoms with van der Waals surface area (Å²) >= 11 is 0. The van der Waals surface area contributed by atoms with E-state index in [1.165, 1.54) is 0 Å². The molecule has 0 unspecified atom stereocenters. The maximum Gasteiger partial charge on any atom is 0.309 e. The highest BCUT2D eigenvalue weighted by molar-refractivity contribution is 5.80. The van der Waals surface area contributed by atoms with Gasteiger partial charge in [0.15, 0.2) is 5.96 Å². The van der Waals surface area contributed by atoms with E-state index in [1.54, 1.807) is 0 Å². The number of amides is 1. The Morgan fingerprint density at radius 2 is 1.96 bits per heavy atom. The first-order chi connectivity index (χ1) is 13.2. The van der Waals surface area contributed by atoms with Crippen LogP contribution in [0.5, 0.6) is 0 Å². The fourth-order valence-corrected chi connectivity index (χ4v) is 3.73. The summed E-state index contributed by atoms with van der Waals surface area (Å²) < 4.78 is 5.14. The Labute approximate surface area is 163 Å². The molecule has 1 N–H and O–H groups in total. The van der Waals surface area contributed by atoms with Crippen LogP contribution in [0.3, 0.4) is 0 Å². The maximum absolute atomic E-state index is 12.1. The van der Waals surface area contributed by atoms with Gasteiger partial charge in [-0.25, -0.2) is 0 Å². The fraction of sp³-hybridized carbons (Fsp3) is 0.850. The minimum absolute atomic E-state index is 0.0122. The van der Waals surface area contributed by atoms with E-state index in [-0.39, 0.29) is 11.9 Å². The van der Waals surface area contributed by atoms with Crippen LogP contribution in [-0.4, -0.2) is 73.5 Å². The minimum atomic E-state index is -0.0683. The third kappa shape index (κ3) is 7.03. The number of hydrogen-bond donors (Lipinski definition) is 1. The second-order valence-corrected chi connectivity index (χ2v) is 7.29. The van der Waals surface area contributed by atoms with E-state index in [4.69, 9.17) is 9.73 Å². The van der Waals surface area contributed by atoms with E-state index in [0.717, 1.165) is 77.2 Å². The van der Waals surface area contributed by atoms with Crippen LogP contribution in [0.15, 0.2) is 4.99 Å². The number of carbonyl (C=O) groups is 2. The number of ether oxygens (including phenoxy) is 1. The molecule has 0 saturated carbocycles. The first kappa shape index (κ1) is 21.5. The number of aliphatic imine (C=N–C) groups is 1. The summed E-state index contributed by atoms with van der Waals surface area (Å²) in [5.74, 6) is 1.16. The summed E-state index contributed by atoms with van der Waals surface area (Å²) in [6, 6.07) is 0. The molecule has 154 valence electrons. The van der Waals surface area contributed by atoms with Crippen molar-refractivity contribution in [1.29, 1.82) is 0 Å². The van der Waals surface area contributed by atoms with Crippen LogP contribution in [0.2, 0.25) is 0 Å². The molecule has 2 heterocycles. The van der Waals surface area contributed by atoms with Gasteiger partial charge in [-0.3, -0.25) is 14.6 Å². The predicted octanol–water partition coefficient (Wildman–Crippen LogP) is 2.02. The van der Waals surface area contributed by atoms with Crippen molar-refractivity contribution >= 4 is 17.8 Å². The predicted molar refractivity (Wildman–Crippen MR) is 107 cm³/mol. The van der Waals surface area contributed by atoms with Crippen molar-refractivity contribution in [3.8, 4) is 0 Å². The molecule has 2 aliphatic heterocycles. The van der Waals surface area contributed by atoms with Crippen LogP contribution in [-0.2, 0) is 14.3 Å². The van der Waals surface area contributed by atoms with Gasteiger partial charge in [0.2, 0.25) is 5.91 Å². The zero-order valence-corrected chi connectivity index (χ0v) is 17.0. The lowest BCUT2D eigenvalue weighted by Gasteiger charge is -2.33. The summed E-state index contributed by atoms with van der Waals surface area (Å²) in [5.41, 5.74) is 0. The Balaban J connectivity index is 1.78. The van der Waals surface area contributed by atoms with Crippen molar-refractivity contribution in [3.63, 3.8) is 0 Å². The van der Waals surface area contributed by atoms with E-state index in [9.17, 15) is 9.59 Å². The molecule has 0 aromatic heterocycles. The van der Waals surface area contributed by atoms with Crippen molar-refractivity contribution in [2.45, 2.75) is 58.8 Å². The molecule has 0 bridgehead atoms. The smallest absolute Gasteiger partial charge is 0.309 e. The normalized spacial score (nSPS) is 19.8. The molecular weight excluding hydrogens is 344 g/mol. The van der Waals surface area contributed by atoms with Gasteiger partial charge in [-0.1, -0.05) is 6.42 Å². The summed E-state index contributed by atoms with van der Waals surface area (Å²) in [5, 5.41) is 3.36. The van der Waals surface area contributed by atoms with Gasteiger partial charge in [-0.15, -0.1) is 0 Å². The molecular formula is C20H36N4O3. The van der Waals surface area contributed by atoms with Crippen molar-refractivity contribution in [1.82, 2.24) is 15.1 Å². The fourth-order valence-electron chi connectivity index (χ4n) is 3.73. The number of carbonyl (C=O) groups excluding carboxylic acids is 2. The number of nitrogens with one attached hydrogen (secondary N) is 1. The van der Waals surface area contributed by atoms with E-state index in [1.807, 2.05) is 11.8 Å². The standard InChI is InChI=1S/C20H36N4O3/c1-3-21-20(24-15-10-17(11-16-24)19(26)27-4-2)22-12-8-14-23-13-7-5-6-9-18(23)25/h17H,3-16H2,1-2H3,(H,21,22). The van der Waals surface area contributed by atoms with Gasteiger partial charge >= 0.3 is 5.97 Å². The third-order valence-corrected chi connectivity index (χ3v) is 5.27. The zero-order chi connectivity index (χ0) is 19.5. The molecule has 0 spiro atoms. The molecule has 7 nitrogen and oxygen atoms in total.